The van der Waals surface area contributed by atoms with Gasteiger partial charge in [-0.15, -0.1) is 0 Å². The molecule has 1 rings (SSSR count). The molecule has 3 nitrogen and oxygen atoms in total. The first-order valence-corrected chi connectivity index (χ1v) is 5.38. The van der Waals surface area contributed by atoms with Crippen molar-refractivity contribution < 1.29 is 0 Å². The molecule has 0 amide bonds. The van der Waals surface area contributed by atoms with E-state index in [4.69, 9.17) is 5.73 Å². The zero-order valence-corrected chi connectivity index (χ0v) is 10.4. The first kappa shape index (κ1) is 14.2. The van der Waals surface area contributed by atoms with E-state index in [1.54, 1.807) is 12.4 Å². The van der Waals surface area contributed by atoms with Crippen molar-refractivity contribution in [3.63, 3.8) is 0 Å². The average molecular weight is 219 g/mol. The van der Waals surface area contributed by atoms with Crippen LogP contribution in [0.2, 0.25) is 0 Å². The van der Waals surface area contributed by atoms with Gasteiger partial charge in [0.25, 0.3) is 0 Å². The summed E-state index contributed by atoms with van der Waals surface area (Å²) in [5, 5.41) is 3.08. The Morgan fingerprint density at radius 1 is 1.44 bits per heavy atom. The Morgan fingerprint density at radius 2 is 2.06 bits per heavy atom. The standard InChI is InChI=1S/C11H15N3.C2H6/c1-8-4-5-13-7-11(8)10(3)14-6-9(2)12;1-2/h4-5,7,14H,2-3,6,12H2,1H3;1-2H3. The van der Waals surface area contributed by atoms with Gasteiger partial charge in [-0.1, -0.05) is 27.0 Å². The summed E-state index contributed by atoms with van der Waals surface area (Å²) < 4.78 is 0. The summed E-state index contributed by atoms with van der Waals surface area (Å²) in [4.78, 5) is 4.04. The molecule has 0 fully saturated rings. The van der Waals surface area contributed by atoms with Crippen LogP contribution < -0.4 is 11.1 Å². The van der Waals surface area contributed by atoms with Gasteiger partial charge in [0.15, 0.2) is 0 Å². The van der Waals surface area contributed by atoms with Gasteiger partial charge in [-0.05, 0) is 18.6 Å². The minimum Gasteiger partial charge on any atom is -0.401 e. The molecule has 0 aromatic carbocycles. The van der Waals surface area contributed by atoms with Crippen molar-refractivity contribution in [2.75, 3.05) is 6.54 Å². The van der Waals surface area contributed by atoms with E-state index in [-0.39, 0.29) is 0 Å². The van der Waals surface area contributed by atoms with Crippen molar-refractivity contribution in [3.8, 4) is 0 Å². The average Bonchev–Trinajstić information content (AvgIpc) is 2.29. The number of hydrogen-bond donors (Lipinski definition) is 2. The van der Waals surface area contributed by atoms with Gasteiger partial charge in [0.05, 0.1) is 6.54 Å². The summed E-state index contributed by atoms with van der Waals surface area (Å²) >= 11 is 0. The van der Waals surface area contributed by atoms with Gasteiger partial charge in [-0.3, -0.25) is 4.98 Å². The highest BCUT2D eigenvalue weighted by Gasteiger charge is 2.01. The molecule has 0 atom stereocenters. The highest BCUT2D eigenvalue weighted by molar-refractivity contribution is 5.63. The molecule has 0 aliphatic rings. The van der Waals surface area contributed by atoms with Gasteiger partial charge >= 0.3 is 0 Å². The maximum Gasteiger partial charge on any atom is 0.0539 e. The van der Waals surface area contributed by atoms with Gasteiger partial charge in [-0.25, -0.2) is 0 Å². The second-order valence-corrected chi connectivity index (χ2v) is 3.18. The van der Waals surface area contributed by atoms with Crippen LogP contribution in [-0.4, -0.2) is 11.5 Å². The second-order valence-electron chi connectivity index (χ2n) is 3.18. The molecule has 88 valence electrons. The normalized spacial score (nSPS) is 8.69. The Bertz CT molecular complexity index is 356. The van der Waals surface area contributed by atoms with Crippen LogP contribution in [-0.2, 0) is 0 Å². The van der Waals surface area contributed by atoms with E-state index >= 15 is 0 Å². The summed E-state index contributed by atoms with van der Waals surface area (Å²) in [6.07, 6.45) is 3.54. The molecule has 0 saturated carbocycles. The van der Waals surface area contributed by atoms with Gasteiger partial charge in [0.2, 0.25) is 0 Å². The van der Waals surface area contributed by atoms with Gasteiger partial charge < -0.3 is 11.1 Å². The first-order chi connectivity index (χ1) is 7.61. The van der Waals surface area contributed by atoms with Crippen molar-refractivity contribution in [2.24, 2.45) is 5.73 Å². The number of rotatable bonds is 4. The summed E-state index contributed by atoms with van der Waals surface area (Å²) in [5.74, 6) is 0. The molecule has 0 unspecified atom stereocenters. The molecule has 0 aliphatic heterocycles. The van der Waals surface area contributed by atoms with Crippen LogP contribution in [0.1, 0.15) is 25.0 Å². The first-order valence-electron chi connectivity index (χ1n) is 5.38. The monoisotopic (exact) mass is 219 g/mol. The lowest BCUT2D eigenvalue weighted by molar-refractivity contribution is 0.945. The molecule has 0 spiro atoms. The van der Waals surface area contributed by atoms with E-state index in [1.165, 1.54) is 0 Å². The number of nitrogens with one attached hydrogen (secondary N) is 1. The van der Waals surface area contributed by atoms with Gasteiger partial charge in [-0.2, -0.15) is 0 Å². The highest BCUT2D eigenvalue weighted by atomic mass is 14.9. The Kier molecular flexibility index (Phi) is 6.68. The third kappa shape index (κ3) is 4.64. The van der Waals surface area contributed by atoms with Crippen molar-refractivity contribution in [1.82, 2.24) is 10.3 Å². The number of nitrogens with zero attached hydrogens (tertiary/aromatic N) is 1. The molecule has 0 radical (unpaired) electrons. The maximum absolute atomic E-state index is 5.44. The lowest BCUT2D eigenvalue weighted by atomic mass is 10.1. The summed E-state index contributed by atoms with van der Waals surface area (Å²) in [7, 11) is 0. The number of hydrogen-bond acceptors (Lipinski definition) is 3. The molecule has 0 bridgehead atoms. The Labute approximate surface area is 98.1 Å². The molecule has 1 heterocycles. The quantitative estimate of drug-likeness (QED) is 0.817. The van der Waals surface area contributed by atoms with Crippen LogP contribution in [0, 0.1) is 6.92 Å². The van der Waals surface area contributed by atoms with Crippen molar-refractivity contribution in [2.45, 2.75) is 20.8 Å². The third-order valence-electron chi connectivity index (χ3n) is 1.89. The number of nitrogens with two attached hydrogens (primary N) is 1. The molecule has 16 heavy (non-hydrogen) atoms. The minimum absolute atomic E-state index is 0.535. The Balaban J connectivity index is 0.00000106. The van der Waals surface area contributed by atoms with Crippen LogP contribution in [0.4, 0.5) is 0 Å². The molecule has 3 heteroatoms. The van der Waals surface area contributed by atoms with Crippen molar-refractivity contribution in [1.29, 1.82) is 0 Å². The Hall–Kier alpha value is -1.77. The van der Waals surface area contributed by atoms with Crippen LogP contribution in [0.25, 0.3) is 5.70 Å². The van der Waals surface area contributed by atoms with Crippen LogP contribution in [0.5, 0.6) is 0 Å². The SMILES string of the molecule is C=C(N)CNC(=C)c1cnccc1C.CC. The summed E-state index contributed by atoms with van der Waals surface area (Å²) in [6.45, 7) is 14.1. The molecule has 0 aliphatic carbocycles. The maximum atomic E-state index is 5.44. The summed E-state index contributed by atoms with van der Waals surface area (Å²) in [6, 6.07) is 1.94. The second kappa shape index (κ2) is 7.51. The molecule has 0 saturated heterocycles. The fourth-order valence-corrected chi connectivity index (χ4v) is 1.10. The zero-order chi connectivity index (χ0) is 12.6. The highest BCUT2D eigenvalue weighted by Crippen LogP contribution is 2.12. The predicted octanol–water partition coefficient (Wildman–Crippen LogP) is 2.45. The van der Waals surface area contributed by atoms with E-state index < -0.39 is 0 Å². The van der Waals surface area contributed by atoms with E-state index in [0.717, 1.165) is 16.8 Å². The smallest absolute Gasteiger partial charge is 0.0539 e. The van der Waals surface area contributed by atoms with E-state index in [0.29, 0.717) is 12.2 Å². The fraction of sp³-hybridized carbons (Fsp3) is 0.308. The number of aryl methyl sites for hydroxylation is 1. The predicted molar refractivity (Wildman–Crippen MR) is 70.7 cm³/mol. The van der Waals surface area contributed by atoms with Gasteiger partial charge in [0, 0.05) is 29.4 Å². The van der Waals surface area contributed by atoms with Crippen molar-refractivity contribution >= 4 is 5.70 Å². The Morgan fingerprint density at radius 3 is 2.56 bits per heavy atom. The number of aromatic nitrogens is 1. The third-order valence-corrected chi connectivity index (χ3v) is 1.89. The molecule has 1 aromatic rings. The van der Waals surface area contributed by atoms with Crippen molar-refractivity contribution in [3.05, 3.63) is 48.4 Å². The number of pyridine rings is 1. The topological polar surface area (TPSA) is 50.9 Å². The molecular formula is C13H21N3. The van der Waals surface area contributed by atoms with Crippen LogP contribution in [0.15, 0.2) is 37.3 Å². The molecular weight excluding hydrogens is 198 g/mol. The molecule has 1 aromatic heterocycles. The fourth-order valence-electron chi connectivity index (χ4n) is 1.10. The van der Waals surface area contributed by atoms with Gasteiger partial charge in [0.1, 0.15) is 0 Å². The minimum atomic E-state index is 0.535. The summed E-state index contributed by atoms with van der Waals surface area (Å²) in [5.41, 5.74) is 9.00. The lowest BCUT2D eigenvalue weighted by Crippen LogP contribution is -2.18. The molecule has 3 N–H and O–H groups in total. The van der Waals surface area contributed by atoms with E-state index in [2.05, 4.69) is 23.5 Å². The lowest BCUT2D eigenvalue weighted by Gasteiger charge is -2.10. The van der Waals surface area contributed by atoms with E-state index in [9.17, 15) is 0 Å². The van der Waals surface area contributed by atoms with E-state index in [1.807, 2.05) is 26.8 Å². The van der Waals surface area contributed by atoms with Crippen LogP contribution in [0.3, 0.4) is 0 Å². The zero-order valence-electron chi connectivity index (χ0n) is 10.4. The largest absolute Gasteiger partial charge is 0.401 e. The van der Waals surface area contributed by atoms with Crippen LogP contribution >= 0.6 is 0 Å².